The molecule has 2 aliphatic rings. The number of aromatic amines is 1. The first-order valence-corrected chi connectivity index (χ1v) is 11.3. The molecule has 0 spiro atoms. The molecule has 3 atom stereocenters. The minimum absolute atomic E-state index is 0.173. The van der Waals surface area contributed by atoms with Crippen molar-refractivity contribution in [3.8, 4) is 6.07 Å². The van der Waals surface area contributed by atoms with Gasteiger partial charge in [-0.2, -0.15) is 17.9 Å². The molecule has 1 aliphatic carbocycles. The van der Waals surface area contributed by atoms with Crippen LogP contribution < -0.4 is 0 Å². The lowest BCUT2D eigenvalue weighted by Crippen LogP contribution is -2.44. The van der Waals surface area contributed by atoms with Gasteiger partial charge in [-0.1, -0.05) is 43.5 Å². The molecule has 3 aromatic rings. The average Bonchev–Trinajstić information content (AvgIpc) is 3.32. The van der Waals surface area contributed by atoms with Gasteiger partial charge in [-0.25, -0.2) is 9.37 Å². The van der Waals surface area contributed by atoms with Gasteiger partial charge < -0.3 is 9.88 Å². The molecule has 3 unspecified atom stereocenters. The van der Waals surface area contributed by atoms with Crippen LogP contribution in [0, 0.1) is 22.6 Å². The first kappa shape index (κ1) is 20.1. The largest absolute Gasteiger partial charge is 0.343 e. The van der Waals surface area contributed by atoms with E-state index in [2.05, 4.69) is 11.1 Å². The Bertz CT molecular complexity index is 1130. The maximum absolute atomic E-state index is 13.7. The Balaban J connectivity index is 1.70. The number of aromatic nitrogens is 2. The molecule has 2 heterocycles. The smallest absolute Gasteiger partial charge is 0.181 e. The maximum atomic E-state index is 13.7. The molecule has 158 valence electrons. The molecule has 7 heteroatoms. The van der Waals surface area contributed by atoms with Crippen molar-refractivity contribution in [3.63, 3.8) is 0 Å². The van der Waals surface area contributed by atoms with Gasteiger partial charge in [0.25, 0.3) is 0 Å². The van der Waals surface area contributed by atoms with E-state index >= 15 is 0 Å². The Hall–Kier alpha value is -2.85. The third-order valence-electron chi connectivity index (χ3n) is 6.82. The monoisotopic (exact) mass is 433 g/mol. The molecule has 5 nitrogen and oxygen atoms in total. The SMILES string of the molecule is N#CC1(c2nc3ccccc3[nH]2)C(=N)N(C2CCCCC2)C(S)C1c1ccc(F)cc1. The van der Waals surface area contributed by atoms with Crippen molar-refractivity contribution >= 4 is 29.5 Å². The molecule has 0 bridgehead atoms. The third-order valence-corrected chi connectivity index (χ3v) is 7.36. The molecule has 1 aliphatic heterocycles. The maximum Gasteiger partial charge on any atom is 0.181 e. The summed E-state index contributed by atoms with van der Waals surface area (Å²) in [6.45, 7) is 0. The zero-order valence-electron chi connectivity index (χ0n) is 17.1. The Morgan fingerprint density at radius 3 is 2.52 bits per heavy atom. The van der Waals surface area contributed by atoms with E-state index in [1.54, 1.807) is 12.1 Å². The van der Waals surface area contributed by atoms with E-state index in [9.17, 15) is 15.1 Å². The number of nitriles is 1. The molecule has 1 aromatic heterocycles. The van der Waals surface area contributed by atoms with E-state index < -0.39 is 11.3 Å². The van der Waals surface area contributed by atoms with Crippen LogP contribution in [0.3, 0.4) is 0 Å². The highest BCUT2D eigenvalue weighted by atomic mass is 32.1. The number of amidine groups is 1. The van der Waals surface area contributed by atoms with Crippen LogP contribution in [0.1, 0.15) is 49.4 Å². The highest BCUT2D eigenvalue weighted by Gasteiger charge is 2.61. The highest BCUT2D eigenvalue weighted by molar-refractivity contribution is 7.81. The van der Waals surface area contributed by atoms with Gasteiger partial charge in [0.15, 0.2) is 5.41 Å². The van der Waals surface area contributed by atoms with Gasteiger partial charge in [-0.05, 0) is 42.7 Å². The third kappa shape index (κ3) is 3.04. The summed E-state index contributed by atoms with van der Waals surface area (Å²) in [5, 5.41) is 19.5. The van der Waals surface area contributed by atoms with Crippen molar-refractivity contribution in [3.05, 3.63) is 65.7 Å². The molecule has 2 N–H and O–H groups in total. The molecule has 1 saturated carbocycles. The second-order valence-corrected chi connectivity index (χ2v) is 9.04. The first-order chi connectivity index (χ1) is 15.1. The normalized spacial score (nSPS) is 27.0. The molecule has 0 radical (unpaired) electrons. The summed E-state index contributed by atoms with van der Waals surface area (Å²) in [4.78, 5) is 10.1. The van der Waals surface area contributed by atoms with Crippen LogP contribution in [-0.4, -0.2) is 32.1 Å². The number of hydrogen-bond donors (Lipinski definition) is 3. The summed E-state index contributed by atoms with van der Waals surface area (Å²) in [5.41, 5.74) is 1.03. The van der Waals surface area contributed by atoms with Crippen LogP contribution >= 0.6 is 12.6 Å². The van der Waals surface area contributed by atoms with Crippen LogP contribution in [0.15, 0.2) is 48.5 Å². The number of imidazole rings is 1. The topological polar surface area (TPSA) is 79.6 Å². The molecular weight excluding hydrogens is 409 g/mol. The molecule has 1 saturated heterocycles. The van der Waals surface area contributed by atoms with Crippen molar-refractivity contribution in [2.45, 2.75) is 54.9 Å². The number of benzene rings is 2. The van der Waals surface area contributed by atoms with E-state index in [0.29, 0.717) is 5.82 Å². The van der Waals surface area contributed by atoms with Crippen LogP contribution in [0.4, 0.5) is 4.39 Å². The molecular formula is C24H24FN5S. The number of halogens is 1. The van der Waals surface area contributed by atoms with Gasteiger partial charge >= 0.3 is 0 Å². The number of nitrogens with one attached hydrogen (secondary N) is 2. The zero-order valence-corrected chi connectivity index (χ0v) is 17.9. The second kappa shape index (κ2) is 7.69. The average molecular weight is 434 g/mol. The van der Waals surface area contributed by atoms with Crippen LogP contribution in [0.25, 0.3) is 11.0 Å². The zero-order chi connectivity index (χ0) is 21.6. The van der Waals surface area contributed by atoms with Gasteiger partial charge in [-0.3, -0.25) is 5.41 Å². The Morgan fingerprint density at radius 2 is 1.84 bits per heavy atom. The van der Waals surface area contributed by atoms with Crippen LogP contribution in [0.5, 0.6) is 0 Å². The van der Waals surface area contributed by atoms with Gasteiger partial charge in [0.05, 0.1) is 22.5 Å². The Labute approximate surface area is 186 Å². The highest BCUT2D eigenvalue weighted by Crippen LogP contribution is 2.52. The van der Waals surface area contributed by atoms with Gasteiger partial charge in [-0.15, -0.1) is 0 Å². The van der Waals surface area contributed by atoms with E-state index in [1.807, 2.05) is 29.2 Å². The van der Waals surface area contributed by atoms with E-state index in [4.69, 9.17) is 17.6 Å². The fourth-order valence-corrected chi connectivity index (χ4v) is 5.99. The minimum atomic E-state index is -1.33. The first-order valence-electron chi connectivity index (χ1n) is 10.7. The van der Waals surface area contributed by atoms with E-state index in [1.165, 1.54) is 18.6 Å². The standard InChI is InChI=1S/C24H24FN5S/c25-16-12-10-15(11-13-16)20-21(31)30(17-6-2-1-3-7-17)22(27)24(20,14-26)23-28-18-8-4-5-9-19(18)29-23/h4-5,8-13,17,20-21,27,31H,1-3,6-7H2,(H,28,29). The molecule has 5 rings (SSSR count). The van der Waals surface area contributed by atoms with Crippen LogP contribution in [0.2, 0.25) is 0 Å². The van der Waals surface area contributed by atoms with Crippen molar-refractivity contribution in [2.75, 3.05) is 0 Å². The lowest BCUT2D eigenvalue weighted by molar-refractivity contribution is 0.238. The van der Waals surface area contributed by atoms with Crippen molar-refractivity contribution in [1.29, 1.82) is 10.7 Å². The number of rotatable bonds is 3. The Morgan fingerprint density at radius 1 is 1.13 bits per heavy atom. The van der Waals surface area contributed by atoms with Crippen molar-refractivity contribution in [2.24, 2.45) is 0 Å². The molecule has 0 amide bonds. The van der Waals surface area contributed by atoms with Gasteiger partial charge in [0, 0.05) is 12.0 Å². The summed E-state index contributed by atoms with van der Waals surface area (Å²) in [6, 6.07) is 16.5. The number of nitrogens with zero attached hydrogens (tertiary/aromatic N) is 3. The summed E-state index contributed by atoms with van der Waals surface area (Å²) in [7, 11) is 0. The van der Waals surface area contributed by atoms with Gasteiger partial charge in [0.1, 0.15) is 17.5 Å². The van der Waals surface area contributed by atoms with Crippen molar-refractivity contribution in [1.82, 2.24) is 14.9 Å². The number of hydrogen-bond acceptors (Lipinski definition) is 4. The fraction of sp³-hybridized carbons (Fsp3) is 0.375. The summed E-state index contributed by atoms with van der Waals surface area (Å²) < 4.78 is 13.7. The predicted molar refractivity (Wildman–Crippen MR) is 122 cm³/mol. The Kier molecular flexibility index (Phi) is 4.98. The summed E-state index contributed by atoms with van der Waals surface area (Å²) in [6.07, 6.45) is 5.39. The second-order valence-electron chi connectivity index (χ2n) is 8.51. The lowest BCUT2D eigenvalue weighted by atomic mass is 9.74. The molecule has 2 fully saturated rings. The molecule has 2 aromatic carbocycles. The molecule has 31 heavy (non-hydrogen) atoms. The van der Waals surface area contributed by atoms with E-state index in [0.717, 1.165) is 42.3 Å². The number of thiol groups is 1. The predicted octanol–water partition coefficient (Wildman–Crippen LogP) is 5.13. The summed E-state index contributed by atoms with van der Waals surface area (Å²) >= 11 is 4.97. The fourth-order valence-electron chi connectivity index (χ4n) is 5.29. The number of likely N-dealkylation sites (tertiary alicyclic amines) is 1. The lowest BCUT2D eigenvalue weighted by Gasteiger charge is -2.36. The number of fused-ring (bicyclic) bond motifs is 1. The minimum Gasteiger partial charge on any atom is -0.343 e. The number of H-pyrrole nitrogens is 1. The number of para-hydroxylation sites is 2. The van der Waals surface area contributed by atoms with E-state index in [-0.39, 0.29) is 23.1 Å². The van der Waals surface area contributed by atoms with Gasteiger partial charge in [0.2, 0.25) is 0 Å². The van der Waals surface area contributed by atoms with Crippen LogP contribution in [-0.2, 0) is 5.41 Å². The summed E-state index contributed by atoms with van der Waals surface area (Å²) in [5.74, 6) is -0.109. The van der Waals surface area contributed by atoms with Crippen molar-refractivity contribution < 1.29 is 4.39 Å². The quantitative estimate of drug-likeness (QED) is 0.501.